The lowest BCUT2D eigenvalue weighted by molar-refractivity contribution is -0.132. The van der Waals surface area contributed by atoms with Crippen LogP contribution in [0.15, 0.2) is 11.2 Å². The van der Waals surface area contributed by atoms with Crippen molar-refractivity contribution < 1.29 is 22.7 Å². The van der Waals surface area contributed by atoms with Crippen molar-refractivity contribution in [1.82, 2.24) is 24.3 Å². The summed E-state index contributed by atoms with van der Waals surface area (Å²) in [6.07, 6.45) is 1.76. The molecule has 0 unspecified atom stereocenters. The first-order chi connectivity index (χ1) is 13.3. The third kappa shape index (κ3) is 5.09. The number of esters is 1. The number of H-pyrrole nitrogens is 1. The van der Waals surface area contributed by atoms with Crippen LogP contribution in [0.25, 0.3) is 0 Å². The van der Waals surface area contributed by atoms with Gasteiger partial charge in [0.25, 0.3) is 10.0 Å². The fourth-order valence-corrected chi connectivity index (χ4v) is 4.70. The van der Waals surface area contributed by atoms with Crippen molar-refractivity contribution in [2.45, 2.75) is 32.2 Å². The van der Waals surface area contributed by atoms with Gasteiger partial charge in [0.2, 0.25) is 5.91 Å². The van der Waals surface area contributed by atoms with Gasteiger partial charge in [-0.15, -0.1) is 0 Å². The van der Waals surface area contributed by atoms with Gasteiger partial charge >= 0.3 is 5.97 Å². The van der Waals surface area contributed by atoms with Crippen LogP contribution in [-0.4, -0.2) is 97.0 Å². The molecule has 1 saturated heterocycles. The number of aromatic amines is 1. The Kier molecular flexibility index (Phi) is 7.96. The molecule has 28 heavy (non-hydrogen) atoms. The Balaban J connectivity index is 2.08. The summed E-state index contributed by atoms with van der Waals surface area (Å²) in [6.45, 7) is 8.84. The molecule has 0 radical (unpaired) electrons. The van der Waals surface area contributed by atoms with Crippen LogP contribution in [0.3, 0.4) is 0 Å². The summed E-state index contributed by atoms with van der Waals surface area (Å²) in [5.41, 5.74) is -0.0975. The molecular formula is C17H29N5O5S. The second kappa shape index (κ2) is 9.99. The van der Waals surface area contributed by atoms with Crippen LogP contribution in [0.1, 0.15) is 37.6 Å². The zero-order valence-electron chi connectivity index (χ0n) is 16.7. The van der Waals surface area contributed by atoms with E-state index in [-0.39, 0.29) is 36.2 Å². The summed E-state index contributed by atoms with van der Waals surface area (Å²) in [7, 11) is -3.92. The highest BCUT2D eigenvalue weighted by Crippen LogP contribution is 2.20. The Morgan fingerprint density at radius 2 is 1.89 bits per heavy atom. The number of sulfonamides is 1. The SMILES string of the molecule is CCOC(=O)c1cn[nH]c1S(=O)(=O)N1CCCN(CC(=O)N(CC)CC)CC1. The third-order valence-corrected chi connectivity index (χ3v) is 6.59. The standard InChI is InChI=1S/C17H29N5O5S/c1-4-21(5-2)15(23)13-20-8-7-9-22(11-10-20)28(25,26)16-14(12-18-19-16)17(24)27-6-3/h12H,4-11,13H2,1-3H3,(H,18,19). The van der Waals surface area contributed by atoms with Crippen molar-refractivity contribution in [2.24, 2.45) is 0 Å². The molecule has 158 valence electrons. The second-order valence-corrected chi connectivity index (χ2v) is 8.31. The molecule has 0 aromatic carbocycles. The van der Waals surface area contributed by atoms with Crippen molar-refractivity contribution in [3.63, 3.8) is 0 Å². The molecule has 1 aromatic heterocycles. The minimum absolute atomic E-state index is 0.0412. The van der Waals surface area contributed by atoms with Crippen molar-refractivity contribution in [1.29, 1.82) is 0 Å². The number of aromatic nitrogens is 2. The zero-order valence-corrected chi connectivity index (χ0v) is 17.5. The first kappa shape index (κ1) is 22.3. The maximum absolute atomic E-state index is 13.0. The molecule has 1 aromatic rings. The Labute approximate surface area is 165 Å². The monoisotopic (exact) mass is 415 g/mol. The molecule has 1 N–H and O–H groups in total. The molecule has 2 rings (SSSR count). The van der Waals surface area contributed by atoms with E-state index < -0.39 is 16.0 Å². The summed E-state index contributed by atoms with van der Waals surface area (Å²) >= 11 is 0. The predicted octanol–water partition coefficient (Wildman–Crippen LogP) is 0.151. The van der Waals surface area contributed by atoms with Crippen LogP contribution >= 0.6 is 0 Å². The Morgan fingerprint density at radius 3 is 2.54 bits per heavy atom. The summed E-state index contributed by atoms with van der Waals surface area (Å²) in [5, 5.41) is 5.88. The van der Waals surface area contributed by atoms with Gasteiger partial charge in [-0.2, -0.15) is 9.40 Å². The first-order valence-corrected chi connectivity index (χ1v) is 11.0. The molecule has 11 heteroatoms. The van der Waals surface area contributed by atoms with E-state index in [1.807, 2.05) is 18.7 Å². The quantitative estimate of drug-likeness (QED) is 0.601. The van der Waals surface area contributed by atoms with Crippen molar-refractivity contribution in [3.8, 4) is 0 Å². The highest BCUT2D eigenvalue weighted by atomic mass is 32.2. The molecule has 2 heterocycles. The van der Waals surface area contributed by atoms with Crippen LogP contribution in [0, 0.1) is 0 Å². The molecule has 0 spiro atoms. The molecule has 0 bridgehead atoms. The fraction of sp³-hybridized carbons (Fsp3) is 0.706. The van der Waals surface area contributed by atoms with Crippen LogP contribution in [0.4, 0.5) is 0 Å². The van der Waals surface area contributed by atoms with Gasteiger partial charge < -0.3 is 9.64 Å². The van der Waals surface area contributed by atoms with Gasteiger partial charge in [-0.3, -0.25) is 14.8 Å². The summed E-state index contributed by atoms with van der Waals surface area (Å²) in [6, 6.07) is 0. The van der Waals surface area contributed by atoms with Crippen molar-refractivity contribution in [3.05, 3.63) is 11.8 Å². The van der Waals surface area contributed by atoms with E-state index in [9.17, 15) is 18.0 Å². The number of ether oxygens (including phenoxy) is 1. The van der Waals surface area contributed by atoms with Gasteiger partial charge in [-0.25, -0.2) is 13.2 Å². The molecule has 1 fully saturated rings. The number of carbonyl (C=O) groups excluding carboxylic acids is 2. The number of nitrogens with zero attached hydrogens (tertiary/aromatic N) is 4. The van der Waals surface area contributed by atoms with Crippen LogP contribution in [0.5, 0.6) is 0 Å². The Morgan fingerprint density at radius 1 is 1.18 bits per heavy atom. The van der Waals surface area contributed by atoms with E-state index in [1.165, 1.54) is 4.31 Å². The van der Waals surface area contributed by atoms with Gasteiger partial charge in [0, 0.05) is 32.7 Å². The number of carbonyl (C=O) groups is 2. The zero-order chi connectivity index (χ0) is 20.7. The van der Waals surface area contributed by atoms with E-state index in [4.69, 9.17) is 4.74 Å². The minimum Gasteiger partial charge on any atom is -0.462 e. The lowest BCUT2D eigenvalue weighted by Crippen LogP contribution is -2.42. The summed E-state index contributed by atoms with van der Waals surface area (Å²) < 4.78 is 32.3. The summed E-state index contributed by atoms with van der Waals surface area (Å²) in [4.78, 5) is 28.0. The lowest BCUT2D eigenvalue weighted by atomic mass is 10.3. The van der Waals surface area contributed by atoms with E-state index in [0.717, 1.165) is 6.20 Å². The highest BCUT2D eigenvalue weighted by molar-refractivity contribution is 7.89. The molecule has 1 aliphatic heterocycles. The van der Waals surface area contributed by atoms with Gasteiger partial charge in [0.05, 0.1) is 19.3 Å². The van der Waals surface area contributed by atoms with Gasteiger partial charge in [0.1, 0.15) is 5.56 Å². The second-order valence-electron chi connectivity index (χ2n) is 6.43. The molecule has 0 saturated carbocycles. The molecule has 10 nitrogen and oxygen atoms in total. The van der Waals surface area contributed by atoms with Crippen LogP contribution < -0.4 is 0 Å². The Hall–Kier alpha value is -1.98. The molecule has 1 amide bonds. The van der Waals surface area contributed by atoms with Gasteiger partial charge in [-0.05, 0) is 33.7 Å². The lowest BCUT2D eigenvalue weighted by Gasteiger charge is -2.25. The van der Waals surface area contributed by atoms with Crippen molar-refractivity contribution >= 4 is 21.9 Å². The van der Waals surface area contributed by atoms with Crippen molar-refractivity contribution in [2.75, 3.05) is 52.4 Å². The predicted molar refractivity (Wildman–Crippen MR) is 102 cm³/mol. The van der Waals surface area contributed by atoms with E-state index in [2.05, 4.69) is 10.2 Å². The van der Waals surface area contributed by atoms with Crippen LogP contribution in [-0.2, 0) is 19.6 Å². The topological polar surface area (TPSA) is 116 Å². The number of amides is 1. The summed E-state index contributed by atoms with van der Waals surface area (Å²) in [5.74, 6) is -0.685. The van der Waals surface area contributed by atoms with E-state index >= 15 is 0 Å². The average Bonchev–Trinajstić information content (AvgIpc) is 3.05. The van der Waals surface area contributed by atoms with Gasteiger partial charge in [-0.1, -0.05) is 0 Å². The fourth-order valence-electron chi connectivity index (χ4n) is 3.17. The number of rotatable bonds is 8. The smallest absolute Gasteiger partial charge is 0.342 e. The first-order valence-electron chi connectivity index (χ1n) is 9.55. The number of hydrogen-bond acceptors (Lipinski definition) is 7. The number of nitrogens with one attached hydrogen (secondary N) is 1. The number of hydrogen-bond donors (Lipinski definition) is 1. The number of likely N-dealkylation sites (N-methyl/N-ethyl adjacent to an activating group) is 1. The maximum Gasteiger partial charge on any atom is 0.342 e. The molecular weight excluding hydrogens is 386 g/mol. The van der Waals surface area contributed by atoms with Gasteiger partial charge in [0.15, 0.2) is 5.03 Å². The van der Waals surface area contributed by atoms with E-state index in [0.29, 0.717) is 39.1 Å². The normalized spacial score (nSPS) is 16.5. The average molecular weight is 416 g/mol. The largest absolute Gasteiger partial charge is 0.462 e. The minimum atomic E-state index is -3.92. The van der Waals surface area contributed by atoms with Crippen LogP contribution in [0.2, 0.25) is 0 Å². The molecule has 0 atom stereocenters. The maximum atomic E-state index is 13.0. The highest BCUT2D eigenvalue weighted by Gasteiger charge is 2.33. The third-order valence-electron chi connectivity index (χ3n) is 4.72. The Bertz CT molecular complexity index is 775. The van der Waals surface area contributed by atoms with E-state index in [1.54, 1.807) is 11.8 Å². The molecule has 0 aliphatic carbocycles. The molecule has 1 aliphatic rings.